The van der Waals surface area contributed by atoms with Crippen molar-refractivity contribution in [2.24, 2.45) is 5.92 Å². The number of rotatable bonds is 7. The second-order valence-electron chi connectivity index (χ2n) is 7.00. The molecule has 0 aromatic heterocycles. The number of benzene rings is 1. The molecule has 1 aliphatic rings. The molecule has 1 N–H and O–H groups in total. The largest absolute Gasteiger partial charge is 0.496 e. The third-order valence-electron chi connectivity index (χ3n) is 4.67. The van der Waals surface area contributed by atoms with E-state index in [1.165, 1.54) is 0 Å². The van der Waals surface area contributed by atoms with E-state index in [1.54, 1.807) is 19.1 Å². The molecule has 1 saturated heterocycles. The van der Waals surface area contributed by atoms with Crippen molar-refractivity contribution in [1.29, 1.82) is 0 Å². The number of piperidine rings is 1. The van der Waals surface area contributed by atoms with Crippen molar-refractivity contribution in [3.05, 3.63) is 29.8 Å². The number of carbonyl (C=O) groups excluding carboxylic acids is 2. The van der Waals surface area contributed by atoms with Crippen LogP contribution in [0.15, 0.2) is 24.3 Å². The highest BCUT2D eigenvalue weighted by atomic mass is 16.5. The molecule has 1 aromatic carbocycles. The van der Waals surface area contributed by atoms with Gasteiger partial charge in [-0.2, -0.15) is 0 Å². The van der Waals surface area contributed by atoms with Crippen LogP contribution in [0.5, 0.6) is 5.75 Å². The molecule has 6 heteroatoms. The molecule has 6 nitrogen and oxygen atoms in total. The minimum absolute atomic E-state index is 0.0253. The van der Waals surface area contributed by atoms with Crippen LogP contribution >= 0.6 is 0 Å². The first kappa shape index (κ1) is 19.2. The maximum absolute atomic E-state index is 12.5. The molecule has 1 aromatic rings. The highest BCUT2D eigenvalue weighted by Crippen LogP contribution is 2.24. The number of methoxy groups -OCH3 is 2. The quantitative estimate of drug-likeness (QED) is 0.818. The zero-order valence-electron chi connectivity index (χ0n) is 15.5. The van der Waals surface area contributed by atoms with E-state index in [2.05, 4.69) is 5.32 Å². The average molecular weight is 348 g/mol. The van der Waals surface area contributed by atoms with Gasteiger partial charge in [-0.1, -0.05) is 18.2 Å². The first-order valence-corrected chi connectivity index (χ1v) is 8.59. The highest BCUT2D eigenvalue weighted by Gasteiger charge is 2.31. The Labute approximate surface area is 149 Å². The fourth-order valence-electron chi connectivity index (χ4n) is 2.84. The van der Waals surface area contributed by atoms with Crippen LogP contribution in [0.25, 0.3) is 0 Å². The summed E-state index contributed by atoms with van der Waals surface area (Å²) >= 11 is 0. The van der Waals surface area contributed by atoms with E-state index in [0.29, 0.717) is 32.5 Å². The van der Waals surface area contributed by atoms with Crippen LogP contribution in [0.3, 0.4) is 0 Å². The van der Waals surface area contributed by atoms with Gasteiger partial charge in [0.2, 0.25) is 11.8 Å². The number of ether oxygens (including phenoxy) is 2. The lowest BCUT2D eigenvalue weighted by atomic mass is 9.95. The van der Waals surface area contributed by atoms with Gasteiger partial charge in [-0.3, -0.25) is 9.59 Å². The molecule has 0 bridgehead atoms. The van der Waals surface area contributed by atoms with Crippen molar-refractivity contribution >= 4 is 11.8 Å². The van der Waals surface area contributed by atoms with Crippen molar-refractivity contribution in [2.75, 3.05) is 27.3 Å². The van der Waals surface area contributed by atoms with Gasteiger partial charge in [0.1, 0.15) is 5.75 Å². The van der Waals surface area contributed by atoms with E-state index >= 15 is 0 Å². The van der Waals surface area contributed by atoms with Gasteiger partial charge in [-0.25, -0.2) is 0 Å². The fraction of sp³-hybridized carbons (Fsp3) is 0.579. The lowest BCUT2D eigenvalue weighted by molar-refractivity contribution is -0.139. The normalized spacial score (nSPS) is 18.2. The van der Waals surface area contributed by atoms with Crippen LogP contribution in [0.1, 0.15) is 32.3 Å². The smallest absolute Gasteiger partial charge is 0.225 e. The number of hydrogen-bond acceptors (Lipinski definition) is 4. The molecule has 0 radical (unpaired) electrons. The molecular weight excluding hydrogens is 320 g/mol. The summed E-state index contributed by atoms with van der Waals surface area (Å²) in [5.41, 5.74) is 0.539. The number of amides is 2. The highest BCUT2D eigenvalue weighted by molar-refractivity contribution is 5.83. The Morgan fingerprint density at radius 1 is 1.32 bits per heavy atom. The van der Waals surface area contributed by atoms with Gasteiger partial charge in [0.25, 0.3) is 0 Å². The predicted molar refractivity (Wildman–Crippen MR) is 95.2 cm³/mol. The van der Waals surface area contributed by atoms with Gasteiger partial charge in [-0.15, -0.1) is 0 Å². The Morgan fingerprint density at radius 3 is 2.72 bits per heavy atom. The Morgan fingerprint density at radius 2 is 2.04 bits per heavy atom. The molecule has 1 fully saturated rings. The minimum atomic E-state index is -0.406. The molecule has 1 aliphatic heterocycles. The van der Waals surface area contributed by atoms with E-state index in [4.69, 9.17) is 9.47 Å². The van der Waals surface area contributed by atoms with Crippen LogP contribution in [0, 0.1) is 5.92 Å². The minimum Gasteiger partial charge on any atom is -0.496 e. The lowest BCUT2D eigenvalue weighted by Gasteiger charge is -2.33. The summed E-state index contributed by atoms with van der Waals surface area (Å²) in [6, 6.07) is 7.63. The van der Waals surface area contributed by atoms with Crippen LogP contribution in [-0.4, -0.2) is 49.6 Å². The Hall–Kier alpha value is -2.08. The van der Waals surface area contributed by atoms with Crippen molar-refractivity contribution in [2.45, 2.75) is 38.8 Å². The van der Waals surface area contributed by atoms with Crippen molar-refractivity contribution in [3.8, 4) is 5.75 Å². The van der Waals surface area contributed by atoms with Gasteiger partial charge in [0.15, 0.2) is 0 Å². The van der Waals surface area contributed by atoms with E-state index in [1.807, 2.05) is 38.1 Å². The molecule has 138 valence electrons. The maximum atomic E-state index is 12.5. The second kappa shape index (κ2) is 8.34. The molecule has 0 unspecified atom stereocenters. The molecule has 2 amide bonds. The van der Waals surface area contributed by atoms with Crippen molar-refractivity contribution in [3.63, 3.8) is 0 Å². The Bertz CT molecular complexity index is 615. The molecule has 0 aliphatic carbocycles. The number of likely N-dealkylation sites (tertiary alicyclic amines) is 1. The van der Waals surface area contributed by atoms with Crippen LogP contribution < -0.4 is 10.1 Å². The number of para-hydroxylation sites is 1. The van der Waals surface area contributed by atoms with E-state index < -0.39 is 5.60 Å². The van der Waals surface area contributed by atoms with Gasteiger partial charge in [-0.05, 0) is 26.3 Å². The van der Waals surface area contributed by atoms with E-state index in [0.717, 1.165) is 11.3 Å². The summed E-state index contributed by atoms with van der Waals surface area (Å²) in [6.07, 6.45) is 0.974. The monoisotopic (exact) mass is 348 g/mol. The predicted octanol–water partition coefficient (Wildman–Crippen LogP) is 1.97. The van der Waals surface area contributed by atoms with Crippen LogP contribution in [0.2, 0.25) is 0 Å². The number of nitrogens with zero attached hydrogens (tertiary/aromatic N) is 1. The third kappa shape index (κ3) is 5.19. The number of hydrogen-bond donors (Lipinski definition) is 1. The Balaban J connectivity index is 1.99. The molecule has 2 rings (SSSR count). The summed E-state index contributed by atoms with van der Waals surface area (Å²) in [5, 5.41) is 2.94. The van der Waals surface area contributed by atoms with Crippen molar-refractivity contribution < 1.29 is 19.1 Å². The molecule has 0 saturated carbocycles. The molecule has 25 heavy (non-hydrogen) atoms. The molecule has 0 spiro atoms. The van der Waals surface area contributed by atoms with Crippen LogP contribution in [-0.2, 0) is 20.9 Å². The number of carbonyl (C=O) groups is 2. The summed E-state index contributed by atoms with van der Waals surface area (Å²) < 4.78 is 10.7. The molecule has 1 heterocycles. The summed E-state index contributed by atoms with van der Waals surface area (Å²) in [4.78, 5) is 26.5. The van der Waals surface area contributed by atoms with E-state index in [9.17, 15) is 9.59 Å². The summed E-state index contributed by atoms with van der Waals surface area (Å²) in [5.74, 6) is 0.610. The topological polar surface area (TPSA) is 67.9 Å². The van der Waals surface area contributed by atoms with E-state index in [-0.39, 0.29) is 17.7 Å². The third-order valence-corrected chi connectivity index (χ3v) is 4.67. The molecular formula is C19H28N2O4. The zero-order valence-corrected chi connectivity index (χ0v) is 15.5. The standard InChI is InChI=1S/C19H28N2O4/c1-19(2,25-4)13-20-18(23)15-9-10-17(22)21(12-15)11-14-7-5-6-8-16(14)24-3/h5-8,15H,9-13H2,1-4H3,(H,20,23)/t15-/m0/s1. The lowest BCUT2D eigenvalue weighted by Crippen LogP contribution is -2.48. The number of nitrogens with one attached hydrogen (secondary N) is 1. The average Bonchev–Trinajstić information content (AvgIpc) is 2.62. The van der Waals surface area contributed by atoms with Gasteiger partial charge >= 0.3 is 0 Å². The first-order valence-electron chi connectivity index (χ1n) is 8.59. The van der Waals surface area contributed by atoms with Gasteiger partial charge in [0.05, 0.1) is 18.6 Å². The maximum Gasteiger partial charge on any atom is 0.225 e. The van der Waals surface area contributed by atoms with Crippen molar-refractivity contribution in [1.82, 2.24) is 10.2 Å². The fourth-order valence-corrected chi connectivity index (χ4v) is 2.84. The SMILES string of the molecule is COc1ccccc1CN1C[C@@H](C(=O)NCC(C)(C)OC)CCC1=O. The van der Waals surface area contributed by atoms with Gasteiger partial charge < -0.3 is 19.7 Å². The second-order valence-corrected chi connectivity index (χ2v) is 7.00. The van der Waals surface area contributed by atoms with Crippen LogP contribution in [0.4, 0.5) is 0 Å². The Kier molecular flexibility index (Phi) is 6.42. The molecule has 1 atom stereocenters. The zero-order chi connectivity index (χ0) is 18.4. The van der Waals surface area contributed by atoms with Gasteiger partial charge in [0, 0.05) is 38.7 Å². The summed E-state index contributed by atoms with van der Waals surface area (Å²) in [7, 11) is 3.24. The first-order chi connectivity index (χ1) is 11.9. The summed E-state index contributed by atoms with van der Waals surface area (Å²) in [6.45, 7) is 5.17.